The van der Waals surface area contributed by atoms with E-state index in [0.29, 0.717) is 15.6 Å². The molecule has 2 aromatic rings. The molecule has 1 N–H and O–H groups in total. The van der Waals surface area contributed by atoms with Crippen molar-refractivity contribution in [2.24, 2.45) is 0 Å². The zero-order chi connectivity index (χ0) is 19.3. The monoisotopic (exact) mass is 481 g/mol. The summed E-state index contributed by atoms with van der Waals surface area (Å²) in [5, 5.41) is 2.56. The van der Waals surface area contributed by atoms with Crippen LogP contribution in [0.4, 0.5) is 0 Å². The molecule has 0 aliphatic heterocycles. The molecule has 136 valence electrons. The van der Waals surface area contributed by atoms with E-state index in [1.165, 1.54) is 14.0 Å². The van der Waals surface area contributed by atoms with Gasteiger partial charge in [-0.05, 0) is 23.8 Å². The van der Waals surface area contributed by atoms with Crippen molar-refractivity contribution < 1.29 is 19.1 Å². The minimum atomic E-state index is -0.765. The number of carbonyl (C=O) groups is 3. The lowest BCUT2D eigenvalue weighted by atomic mass is 9.99. The number of nitrogens with one attached hydrogen (secondary N) is 1. The molecule has 0 spiro atoms. The second-order valence-corrected chi connectivity index (χ2v) is 7.40. The molecule has 5 nitrogen and oxygen atoms in total. The lowest BCUT2D eigenvalue weighted by Crippen LogP contribution is -2.41. The van der Waals surface area contributed by atoms with Gasteiger partial charge >= 0.3 is 5.97 Å². The highest BCUT2D eigenvalue weighted by molar-refractivity contribution is 9.11. The van der Waals surface area contributed by atoms with E-state index in [0.717, 1.165) is 10.0 Å². The van der Waals surface area contributed by atoms with E-state index < -0.39 is 12.0 Å². The summed E-state index contributed by atoms with van der Waals surface area (Å²) in [4.78, 5) is 35.7. The van der Waals surface area contributed by atoms with Crippen molar-refractivity contribution in [2.75, 3.05) is 7.11 Å². The maximum atomic E-state index is 12.7. The van der Waals surface area contributed by atoms with Crippen molar-refractivity contribution in [3.05, 3.63) is 68.1 Å². The normalized spacial score (nSPS) is 11.5. The van der Waals surface area contributed by atoms with E-state index in [2.05, 4.69) is 37.2 Å². The first kappa shape index (κ1) is 20.3. The van der Waals surface area contributed by atoms with Crippen LogP contribution in [0, 0.1) is 0 Å². The van der Waals surface area contributed by atoms with Gasteiger partial charge in [0.15, 0.2) is 5.78 Å². The number of halogens is 2. The van der Waals surface area contributed by atoms with Gasteiger partial charge in [-0.2, -0.15) is 0 Å². The molecule has 1 amide bonds. The lowest BCUT2D eigenvalue weighted by Gasteiger charge is -2.15. The maximum absolute atomic E-state index is 12.7. The minimum absolute atomic E-state index is 0.115. The fourth-order valence-corrected chi connectivity index (χ4v) is 3.22. The van der Waals surface area contributed by atoms with Crippen molar-refractivity contribution in [1.29, 1.82) is 0 Å². The van der Waals surface area contributed by atoms with Crippen molar-refractivity contribution in [2.45, 2.75) is 19.4 Å². The fourth-order valence-electron chi connectivity index (χ4n) is 2.44. The molecular weight excluding hydrogens is 466 g/mol. The summed E-state index contributed by atoms with van der Waals surface area (Å²) in [5.41, 5.74) is 1.89. The largest absolute Gasteiger partial charge is 0.467 e. The first-order valence-corrected chi connectivity index (χ1v) is 9.34. The molecule has 2 rings (SSSR count). The Morgan fingerprint density at radius 1 is 1.08 bits per heavy atom. The molecule has 0 saturated carbocycles. The number of hydrogen-bond donors (Lipinski definition) is 1. The van der Waals surface area contributed by atoms with Gasteiger partial charge < -0.3 is 10.1 Å². The van der Waals surface area contributed by atoms with Crippen LogP contribution in [0.25, 0.3) is 0 Å². The summed E-state index contributed by atoms with van der Waals surface area (Å²) in [6.07, 6.45) is 0.279. The van der Waals surface area contributed by atoms with E-state index in [9.17, 15) is 14.4 Å². The molecule has 7 heteroatoms. The van der Waals surface area contributed by atoms with Crippen molar-refractivity contribution in [1.82, 2.24) is 5.32 Å². The Kier molecular flexibility index (Phi) is 7.11. The average molecular weight is 483 g/mol. The number of ether oxygens (including phenoxy) is 1. The standard InChI is InChI=1S/C19H17Br2NO4/c1-11(23)22-17(19(25)26-2)9-12-3-5-13(6-4-12)18(24)15-10-14(20)7-8-16(15)21/h3-8,10,17H,9H2,1-2H3,(H,22,23). The van der Waals surface area contributed by atoms with Crippen LogP contribution in [0.5, 0.6) is 0 Å². The smallest absolute Gasteiger partial charge is 0.328 e. The summed E-state index contributed by atoms with van der Waals surface area (Å²) >= 11 is 6.75. The Bertz CT molecular complexity index is 834. The Morgan fingerprint density at radius 3 is 2.31 bits per heavy atom. The van der Waals surface area contributed by atoms with Gasteiger partial charge in [-0.25, -0.2) is 4.79 Å². The van der Waals surface area contributed by atoms with Gasteiger partial charge in [0.05, 0.1) is 7.11 Å². The molecule has 1 atom stereocenters. The lowest BCUT2D eigenvalue weighted by molar-refractivity contribution is -0.144. The fraction of sp³-hybridized carbons (Fsp3) is 0.211. The molecule has 2 aromatic carbocycles. The number of ketones is 1. The number of esters is 1. The van der Waals surface area contributed by atoms with Crippen LogP contribution in [0.3, 0.4) is 0 Å². The van der Waals surface area contributed by atoms with E-state index >= 15 is 0 Å². The van der Waals surface area contributed by atoms with E-state index in [4.69, 9.17) is 4.74 Å². The zero-order valence-electron chi connectivity index (χ0n) is 14.2. The third kappa shape index (κ3) is 5.25. The number of carbonyl (C=O) groups excluding carboxylic acids is 3. The Balaban J connectivity index is 2.19. The Morgan fingerprint density at radius 2 is 1.73 bits per heavy atom. The first-order chi connectivity index (χ1) is 12.3. The summed E-state index contributed by atoms with van der Waals surface area (Å²) in [6, 6.07) is 11.6. The summed E-state index contributed by atoms with van der Waals surface area (Å²) in [7, 11) is 1.27. The van der Waals surface area contributed by atoms with E-state index in [1.54, 1.807) is 36.4 Å². The van der Waals surface area contributed by atoms with Crippen LogP contribution in [-0.2, 0) is 20.7 Å². The molecule has 0 aliphatic carbocycles. The van der Waals surface area contributed by atoms with Gasteiger partial charge in [-0.15, -0.1) is 0 Å². The average Bonchev–Trinajstić information content (AvgIpc) is 2.62. The minimum Gasteiger partial charge on any atom is -0.467 e. The molecule has 0 aromatic heterocycles. The van der Waals surface area contributed by atoms with Gasteiger partial charge in [-0.1, -0.05) is 56.1 Å². The SMILES string of the molecule is COC(=O)C(Cc1ccc(C(=O)c2cc(Br)ccc2Br)cc1)NC(C)=O. The predicted octanol–water partition coefficient (Wildman–Crippen LogP) is 3.66. The van der Waals surface area contributed by atoms with Crippen LogP contribution in [0.2, 0.25) is 0 Å². The maximum Gasteiger partial charge on any atom is 0.328 e. The molecule has 0 saturated heterocycles. The third-order valence-electron chi connectivity index (χ3n) is 3.69. The molecule has 1 unspecified atom stereocenters. The molecule has 0 heterocycles. The molecule has 0 bridgehead atoms. The molecular formula is C19H17Br2NO4. The number of hydrogen-bond acceptors (Lipinski definition) is 4. The zero-order valence-corrected chi connectivity index (χ0v) is 17.4. The number of benzene rings is 2. The van der Waals surface area contributed by atoms with Crippen molar-refractivity contribution in [3.8, 4) is 0 Å². The topological polar surface area (TPSA) is 72.5 Å². The highest BCUT2D eigenvalue weighted by atomic mass is 79.9. The summed E-state index contributed by atoms with van der Waals surface area (Å²) in [5.74, 6) is -0.943. The van der Waals surface area contributed by atoms with E-state index in [1.807, 2.05) is 6.07 Å². The van der Waals surface area contributed by atoms with Gasteiger partial charge in [0, 0.05) is 33.4 Å². The van der Waals surface area contributed by atoms with Crippen LogP contribution >= 0.6 is 31.9 Å². The highest BCUT2D eigenvalue weighted by Gasteiger charge is 2.21. The van der Waals surface area contributed by atoms with Gasteiger partial charge in [0.2, 0.25) is 5.91 Å². The second-order valence-electron chi connectivity index (χ2n) is 5.63. The molecule has 0 radical (unpaired) electrons. The Labute approximate surface area is 168 Å². The molecule has 26 heavy (non-hydrogen) atoms. The van der Waals surface area contributed by atoms with Crippen molar-refractivity contribution >= 4 is 49.5 Å². The quantitative estimate of drug-likeness (QED) is 0.503. The number of methoxy groups -OCH3 is 1. The van der Waals surface area contributed by atoms with Crippen LogP contribution in [-0.4, -0.2) is 30.8 Å². The Hall–Kier alpha value is -1.99. The van der Waals surface area contributed by atoms with Gasteiger partial charge in [-0.3, -0.25) is 9.59 Å². The van der Waals surface area contributed by atoms with Gasteiger partial charge in [0.1, 0.15) is 6.04 Å². The number of amides is 1. The number of rotatable bonds is 6. The van der Waals surface area contributed by atoms with Crippen LogP contribution in [0.1, 0.15) is 28.4 Å². The van der Waals surface area contributed by atoms with Gasteiger partial charge in [0.25, 0.3) is 0 Å². The molecule has 0 aliphatic rings. The van der Waals surface area contributed by atoms with Crippen LogP contribution < -0.4 is 5.32 Å². The third-order valence-corrected chi connectivity index (χ3v) is 4.88. The molecule has 0 fully saturated rings. The van der Waals surface area contributed by atoms with E-state index in [-0.39, 0.29) is 18.1 Å². The van der Waals surface area contributed by atoms with Crippen LogP contribution in [0.15, 0.2) is 51.4 Å². The van der Waals surface area contributed by atoms with Crippen molar-refractivity contribution in [3.63, 3.8) is 0 Å². The summed E-state index contributed by atoms with van der Waals surface area (Å²) in [6.45, 7) is 1.34. The second kappa shape index (κ2) is 9.09. The first-order valence-electron chi connectivity index (χ1n) is 7.75. The predicted molar refractivity (Wildman–Crippen MR) is 105 cm³/mol. The summed E-state index contributed by atoms with van der Waals surface area (Å²) < 4.78 is 6.24. The highest BCUT2D eigenvalue weighted by Crippen LogP contribution is 2.24.